The minimum absolute atomic E-state index is 0.0195. The first kappa shape index (κ1) is 16.5. The summed E-state index contributed by atoms with van der Waals surface area (Å²) in [7, 11) is 0. The van der Waals surface area contributed by atoms with E-state index in [2.05, 4.69) is 60.7 Å². The number of hydrogen-bond acceptors (Lipinski definition) is 5. The number of benzene rings is 1. The largest absolute Gasteiger partial charge is 0.381 e. The predicted octanol–water partition coefficient (Wildman–Crippen LogP) is 3.36. The van der Waals surface area contributed by atoms with E-state index in [4.69, 9.17) is 4.74 Å². The maximum atomic E-state index is 5.62. The Bertz CT molecular complexity index is 888. The summed E-state index contributed by atoms with van der Waals surface area (Å²) in [4.78, 5) is 4.47. The van der Waals surface area contributed by atoms with Crippen molar-refractivity contribution < 1.29 is 4.74 Å². The summed E-state index contributed by atoms with van der Waals surface area (Å²) >= 11 is 3.60. The molecule has 0 unspecified atom stereocenters. The Labute approximate surface area is 154 Å². The zero-order chi connectivity index (χ0) is 17.3. The molecule has 1 aliphatic heterocycles. The molecule has 2 aromatic heterocycles. The van der Waals surface area contributed by atoms with Crippen molar-refractivity contribution in [3.8, 4) is 0 Å². The standard InChI is InChI=1S/C18H20BrN5O/c1-13-22-23-17-16(20-7-8-24(13)17)21-12-18(5-9-25-10-6-18)14-3-2-4-15(19)11-14/h2-4,7-8,11H,5-6,9-10,12H2,1H3,(H,20,21). The van der Waals surface area contributed by atoms with Crippen LogP contribution in [0, 0.1) is 6.92 Å². The molecule has 0 bridgehead atoms. The van der Waals surface area contributed by atoms with E-state index >= 15 is 0 Å². The van der Waals surface area contributed by atoms with Crippen LogP contribution < -0.4 is 5.32 Å². The van der Waals surface area contributed by atoms with Crippen molar-refractivity contribution in [2.45, 2.75) is 25.2 Å². The zero-order valence-electron chi connectivity index (χ0n) is 14.1. The van der Waals surface area contributed by atoms with Gasteiger partial charge in [0.15, 0.2) is 5.82 Å². The second-order valence-corrected chi connectivity index (χ2v) is 7.39. The molecule has 7 heteroatoms. The average Bonchev–Trinajstić information content (AvgIpc) is 3.03. The van der Waals surface area contributed by atoms with Crippen LogP contribution in [0.25, 0.3) is 5.65 Å². The molecule has 0 atom stereocenters. The molecule has 1 saturated heterocycles. The summed E-state index contributed by atoms with van der Waals surface area (Å²) in [5, 5.41) is 11.9. The quantitative estimate of drug-likeness (QED) is 0.725. The number of rotatable bonds is 4. The van der Waals surface area contributed by atoms with Crippen LogP contribution >= 0.6 is 15.9 Å². The van der Waals surface area contributed by atoms with Gasteiger partial charge in [-0.15, -0.1) is 10.2 Å². The first-order chi connectivity index (χ1) is 12.2. The van der Waals surface area contributed by atoms with Gasteiger partial charge in [-0.2, -0.15) is 0 Å². The Kier molecular flexibility index (Phi) is 4.43. The first-order valence-corrected chi connectivity index (χ1v) is 9.21. The normalized spacial score (nSPS) is 16.9. The van der Waals surface area contributed by atoms with Crippen molar-refractivity contribution >= 4 is 27.4 Å². The van der Waals surface area contributed by atoms with Crippen molar-refractivity contribution in [2.75, 3.05) is 25.1 Å². The average molecular weight is 402 g/mol. The summed E-state index contributed by atoms with van der Waals surface area (Å²) < 4.78 is 8.67. The lowest BCUT2D eigenvalue weighted by Gasteiger charge is -2.38. The van der Waals surface area contributed by atoms with Crippen LogP contribution in [0.4, 0.5) is 5.82 Å². The summed E-state index contributed by atoms with van der Waals surface area (Å²) in [6, 6.07) is 8.57. The molecule has 0 radical (unpaired) electrons. The minimum atomic E-state index is 0.0195. The molecular formula is C18H20BrN5O. The Morgan fingerprint density at radius 3 is 2.92 bits per heavy atom. The van der Waals surface area contributed by atoms with E-state index in [1.165, 1.54) is 5.56 Å². The van der Waals surface area contributed by atoms with Crippen molar-refractivity contribution in [1.82, 2.24) is 19.6 Å². The van der Waals surface area contributed by atoms with Gasteiger partial charge in [0.25, 0.3) is 0 Å². The summed E-state index contributed by atoms with van der Waals surface area (Å²) in [6.45, 7) is 4.27. The van der Waals surface area contributed by atoms with E-state index in [1.807, 2.05) is 17.5 Å². The molecule has 0 aliphatic carbocycles. The number of aromatic nitrogens is 4. The van der Waals surface area contributed by atoms with E-state index in [-0.39, 0.29) is 5.41 Å². The highest BCUT2D eigenvalue weighted by atomic mass is 79.9. The van der Waals surface area contributed by atoms with Gasteiger partial charge >= 0.3 is 0 Å². The molecular weight excluding hydrogens is 382 g/mol. The van der Waals surface area contributed by atoms with Gasteiger partial charge in [0.2, 0.25) is 5.65 Å². The van der Waals surface area contributed by atoms with Gasteiger partial charge in [0, 0.05) is 42.0 Å². The maximum Gasteiger partial charge on any atom is 0.203 e. The first-order valence-electron chi connectivity index (χ1n) is 8.42. The van der Waals surface area contributed by atoms with Crippen LogP contribution in [0.1, 0.15) is 24.2 Å². The molecule has 0 amide bonds. The van der Waals surface area contributed by atoms with Gasteiger partial charge in [0.1, 0.15) is 5.82 Å². The fourth-order valence-corrected chi connectivity index (χ4v) is 3.87. The minimum Gasteiger partial charge on any atom is -0.381 e. The Hall–Kier alpha value is -1.99. The number of nitrogens with zero attached hydrogens (tertiary/aromatic N) is 4. The van der Waals surface area contributed by atoms with Gasteiger partial charge in [-0.05, 0) is 37.5 Å². The lowest BCUT2D eigenvalue weighted by Crippen LogP contribution is -2.40. The van der Waals surface area contributed by atoms with Gasteiger partial charge in [-0.3, -0.25) is 4.40 Å². The highest BCUT2D eigenvalue weighted by molar-refractivity contribution is 9.10. The lowest BCUT2D eigenvalue weighted by atomic mass is 9.74. The van der Waals surface area contributed by atoms with E-state index < -0.39 is 0 Å². The summed E-state index contributed by atoms with van der Waals surface area (Å²) in [5.74, 6) is 1.62. The molecule has 1 aliphatic rings. The fraction of sp³-hybridized carbons (Fsp3) is 0.389. The molecule has 25 heavy (non-hydrogen) atoms. The highest BCUT2D eigenvalue weighted by Gasteiger charge is 2.34. The number of hydrogen-bond donors (Lipinski definition) is 1. The van der Waals surface area contributed by atoms with Crippen LogP contribution in [0.15, 0.2) is 41.1 Å². The number of nitrogens with one attached hydrogen (secondary N) is 1. The number of aryl methyl sites for hydroxylation is 1. The van der Waals surface area contributed by atoms with Crippen LogP contribution in [0.2, 0.25) is 0 Å². The number of halogens is 1. The van der Waals surface area contributed by atoms with Gasteiger partial charge < -0.3 is 10.1 Å². The van der Waals surface area contributed by atoms with Crippen LogP contribution in [-0.4, -0.2) is 39.3 Å². The fourth-order valence-electron chi connectivity index (χ4n) is 3.47. The summed E-state index contributed by atoms with van der Waals surface area (Å²) in [6.07, 6.45) is 5.62. The smallest absolute Gasteiger partial charge is 0.203 e. The van der Waals surface area contributed by atoms with Crippen molar-refractivity contribution in [3.05, 3.63) is 52.5 Å². The third kappa shape index (κ3) is 3.14. The van der Waals surface area contributed by atoms with E-state index in [1.54, 1.807) is 6.20 Å². The SMILES string of the molecule is Cc1nnc2c(NCC3(c4cccc(Br)c4)CCOCC3)nccn12. The van der Waals surface area contributed by atoms with E-state index in [0.29, 0.717) is 0 Å². The van der Waals surface area contributed by atoms with Gasteiger partial charge in [-0.25, -0.2) is 4.98 Å². The monoisotopic (exact) mass is 401 g/mol. The molecule has 0 spiro atoms. The second-order valence-electron chi connectivity index (χ2n) is 6.47. The van der Waals surface area contributed by atoms with Gasteiger partial charge in [0.05, 0.1) is 0 Å². The van der Waals surface area contributed by atoms with Crippen LogP contribution in [0.5, 0.6) is 0 Å². The Morgan fingerprint density at radius 2 is 2.12 bits per heavy atom. The number of anilines is 1. The number of ether oxygens (including phenoxy) is 1. The zero-order valence-corrected chi connectivity index (χ0v) is 15.7. The topological polar surface area (TPSA) is 64.3 Å². The predicted molar refractivity (Wildman–Crippen MR) is 99.9 cm³/mol. The Balaban J connectivity index is 1.65. The Morgan fingerprint density at radius 1 is 1.28 bits per heavy atom. The number of fused-ring (bicyclic) bond motifs is 1. The van der Waals surface area contributed by atoms with Crippen molar-refractivity contribution in [1.29, 1.82) is 0 Å². The second kappa shape index (κ2) is 6.72. The van der Waals surface area contributed by atoms with E-state index in [0.717, 1.165) is 54.4 Å². The molecule has 6 nitrogen and oxygen atoms in total. The lowest BCUT2D eigenvalue weighted by molar-refractivity contribution is 0.0543. The van der Waals surface area contributed by atoms with Crippen molar-refractivity contribution in [3.63, 3.8) is 0 Å². The molecule has 1 N–H and O–H groups in total. The van der Waals surface area contributed by atoms with Gasteiger partial charge in [-0.1, -0.05) is 28.1 Å². The van der Waals surface area contributed by atoms with E-state index in [9.17, 15) is 0 Å². The molecule has 130 valence electrons. The molecule has 3 aromatic rings. The molecule has 1 fully saturated rings. The van der Waals surface area contributed by atoms with Crippen molar-refractivity contribution in [2.24, 2.45) is 0 Å². The van der Waals surface area contributed by atoms with Crippen LogP contribution in [-0.2, 0) is 10.2 Å². The maximum absolute atomic E-state index is 5.62. The molecule has 4 rings (SSSR count). The third-order valence-electron chi connectivity index (χ3n) is 4.98. The third-order valence-corrected chi connectivity index (χ3v) is 5.47. The molecule has 0 saturated carbocycles. The molecule has 3 heterocycles. The summed E-state index contributed by atoms with van der Waals surface area (Å²) in [5.41, 5.74) is 2.10. The highest BCUT2D eigenvalue weighted by Crippen LogP contribution is 2.36. The van der Waals surface area contributed by atoms with Crippen LogP contribution in [0.3, 0.4) is 0 Å². The molecule has 1 aromatic carbocycles.